The maximum absolute atomic E-state index is 12.0. The van der Waals surface area contributed by atoms with Gasteiger partial charge in [-0.25, -0.2) is 18.4 Å². The normalized spacial score (nSPS) is 12.5. The number of nitrogens with two attached hydrogens (primary N) is 1. The predicted octanol–water partition coefficient (Wildman–Crippen LogP) is 0.578. The minimum absolute atomic E-state index is 0.0238. The van der Waals surface area contributed by atoms with Crippen molar-refractivity contribution >= 4 is 21.9 Å². The highest BCUT2D eigenvalue weighted by Gasteiger charge is 2.17. The Morgan fingerprint density at radius 1 is 1.07 bits per heavy atom. The summed E-state index contributed by atoms with van der Waals surface area (Å²) in [6.07, 6.45) is 0.479. The number of rotatable bonds is 7. The minimum Gasteiger partial charge on any atom is -0.454 e. The third-order valence-corrected chi connectivity index (χ3v) is 4.86. The minimum atomic E-state index is -3.73. The Hall–Kier alpha value is -3.11. The molecule has 28 heavy (non-hydrogen) atoms. The summed E-state index contributed by atoms with van der Waals surface area (Å²) in [6, 6.07) is 10.7. The molecule has 3 rings (SSSR count). The molecule has 1 heterocycles. The Balaban J connectivity index is 1.41. The van der Waals surface area contributed by atoms with Gasteiger partial charge in [-0.15, -0.1) is 0 Å². The molecule has 9 nitrogen and oxygen atoms in total. The molecule has 1 amide bonds. The second kappa shape index (κ2) is 8.28. The van der Waals surface area contributed by atoms with Gasteiger partial charge < -0.3 is 19.5 Å². The number of hydrogen-bond acceptors (Lipinski definition) is 7. The van der Waals surface area contributed by atoms with Gasteiger partial charge in [0.25, 0.3) is 5.91 Å². The van der Waals surface area contributed by atoms with E-state index in [1.807, 2.05) is 0 Å². The number of carbonyl (C=O) groups excluding carboxylic acids is 2. The molecule has 2 aromatic carbocycles. The molecule has 0 bridgehead atoms. The molecule has 2 aromatic rings. The Morgan fingerprint density at radius 3 is 2.50 bits per heavy atom. The lowest BCUT2D eigenvalue weighted by Crippen LogP contribution is -2.30. The lowest BCUT2D eigenvalue weighted by Gasteiger charge is -2.07. The monoisotopic (exact) mass is 406 g/mol. The van der Waals surface area contributed by atoms with E-state index in [0.29, 0.717) is 24.5 Å². The number of carbonyl (C=O) groups is 2. The zero-order valence-electron chi connectivity index (χ0n) is 14.7. The molecule has 0 saturated heterocycles. The largest absolute Gasteiger partial charge is 0.454 e. The molecule has 0 fully saturated rings. The van der Waals surface area contributed by atoms with Gasteiger partial charge in [-0.3, -0.25) is 4.79 Å². The summed E-state index contributed by atoms with van der Waals surface area (Å²) in [5.41, 5.74) is 1.08. The SMILES string of the molecule is NS(=O)(=O)c1ccc(CCNC(=O)COC(=O)c2ccc3c(c2)OCO3)cc1. The lowest BCUT2D eigenvalue weighted by atomic mass is 10.1. The number of primary sulfonamides is 1. The van der Waals surface area contributed by atoms with Gasteiger partial charge in [-0.1, -0.05) is 12.1 Å². The third-order valence-electron chi connectivity index (χ3n) is 3.93. The topological polar surface area (TPSA) is 134 Å². The van der Waals surface area contributed by atoms with E-state index in [0.717, 1.165) is 5.56 Å². The fourth-order valence-corrected chi connectivity index (χ4v) is 3.00. The van der Waals surface area contributed by atoms with Crippen LogP contribution >= 0.6 is 0 Å². The number of esters is 1. The van der Waals surface area contributed by atoms with Crippen molar-refractivity contribution in [1.82, 2.24) is 5.32 Å². The summed E-state index contributed by atoms with van der Waals surface area (Å²) >= 11 is 0. The number of nitrogens with one attached hydrogen (secondary N) is 1. The van der Waals surface area contributed by atoms with Gasteiger partial charge >= 0.3 is 5.97 Å². The summed E-state index contributed by atoms with van der Waals surface area (Å²) < 4.78 is 37.7. The maximum Gasteiger partial charge on any atom is 0.338 e. The first-order chi connectivity index (χ1) is 13.3. The van der Waals surface area contributed by atoms with Crippen LogP contribution in [0, 0.1) is 0 Å². The zero-order chi connectivity index (χ0) is 20.1. The van der Waals surface area contributed by atoms with Crippen molar-refractivity contribution in [1.29, 1.82) is 0 Å². The van der Waals surface area contributed by atoms with Gasteiger partial charge in [0, 0.05) is 6.54 Å². The van der Waals surface area contributed by atoms with Crippen LogP contribution in [-0.2, 0) is 26.0 Å². The van der Waals surface area contributed by atoms with Gasteiger partial charge in [0.2, 0.25) is 16.8 Å². The highest BCUT2D eigenvalue weighted by molar-refractivity contribution is 7.89. The van der Waals surface area contributed by atoms with Crippen LogP contribution in [0.5, 0.6) is 11.5 Å². The molecule has 0 aliphatic carbocycles. The van der Waals surface area contributed by atoms with Crippen LogP contribution in [0.25, 0.3) is 0 Å². The molecule has 148 valence electrons. The predicted molar refractivity (Wildman–Crippen MR) is 97.4 cm³/mol. The van der Waals surface area contributed by atoms with Crippen LogP contribution in [0.2, 0.25) is 0 Å². The molecule has 1 aliphatic rings. The molecular weight excluding hydrogens is 388 g/mol. The third kappa shape index (κ3) is 4.99. The van der Waals surface area contributed by atoms with Gasteiger partial charge in [-0.2, -0.15) is 0 Å². The molecular formula is C18H18N2O7S. The number of fused-ring (bicyclic) bond motifs is 1. The van der Waals surface area contributed by atoms with Crippen molar-refractivity contribution in [3.8, 4) is 11.5 Å². The fourth-order valence-electron chi connectivity index (χ4n) is 2.48. The van der Waals surface area contributed by atoms with E-state index in [4.69, 9.17) is 19.3 Å². The smallest absolute Gasteiger partial charge is 0.338 e. The first-order valence-electron chi connectivity index (χ1n) is 8.28. The Labute approximate surface area is 161 Å². The molecule has 0 saturated carbocycles. The number of amides is 1. The van der Waals surface area contributed by atoms with E-state index in [9.17, 15) is 18.0 Å². The van der Waals surface area contributed by atoms with Crippen molar-refractivity contribution in [2.75, 3.05) is 19.9 Å². The first kappa shape index (κ1) is 19.6. The lowest BCUT2D eigenvalue weighted by molar-refractivity contribution is -0.124. The summed E-state index contributed by atoms with van der Waals surface area (Å²) in [5, 5.41) is 7.65. The standard InChI is InChI=1S/C18H18N2O7S/c19-28(23,24)14-4-1-12(2-5-14)7-8-20-17(21)10-25-18(22)13-3-6-15-16(9-13)27-11-26-15/h1-6,9H,7-8,10-11H2,(H,20,21)(H2,19,23,24). The van der Waals surface area contributed by atoms with E-state index >= 15 is 0 Å². The van der Waals surface area contributed by atoms with Crippen LogP contribution in [-0.4, -0.2) is 40.2 Å². The quantitative estimate of drug-likeness (QED) is 0.642. The van der Waals surface area contributed by atoms with Crippen LogP contribution in [0.15, 0.2) is 47.4 Å². The number of hydrogen-bond donors (Lipinski definition) is 2. The highest BCUT2D eigenvalue weighted by Crippen LogP contribution is 2.32. The molecule has 10 heteroatoms. The van der Waals surface area contributed by atoms with E-state index in [2.05, 4.69) is 5.32 Å². The Kier molecular flexibility index (Phi) is 5.81. The van der Waals surface area contributed by atoms with Crippen molar-refractivity contribution in [2.24, 2.45) is 5.14 Å². The van der Waals surface area contributed by atoms with E-state index < -0.39 is 28.5 Å². The summed E-state index contributed by atoms with van der Waals surface area (Å²) in [4.78, 5) is 23.8. The van der Waals surface area contributed by atoms with E-state index in [-0.39, 0.29) is 17.3 Å². The summed E-state index contributed by atoms with van der Waals surface area (Å²) in [6.45, 7) is -0.0201. The first-order valence-corrected chi connectivity index (χ1v) is 9.83. The van der Waals surface area contributed by atoms with E-state index in [1.54, 1.807) is 18.2 Å². The van der Waals surface area contributed by atoms with Gasteiger partial charge in [-0.05, 0) is 42.3 Å². The van der Waals surface area contributed by atoms with Crippen LogP contribution in [0.3, 0.4) is 0 Å². The number of ether oxygens (including phenoxy) is 3. The van der Waals surface area contributed by atoms with Crippen LogP contribution in [0.4, 0.5) is 0 Å². The summed E-state index contributed by atoms with van der Waals surface area (Å²) in [7, 11) is -3.73. The zero-order valence-corrected chi connectivity index (χ0v) is 15.5. The number of benzene rings is 2. The molecule has 0 aromatic heterocycles. The number of sulfonamides is 1. The van der Waals surface area contributed by atoms with Crippen LogP contribution in [0.1, 0.15) is 15.9 Å². The molecule has 1 aliphatic heterocycles. The molecule has 3 N–H and O–H groups in total. The highest BCUT2D eigenvalue weighted by atomic mass is 32.2. The average molecular weight is 406 g/mol. The summed E-state index contributed by atoms with van der Waals surface area (Å²) in [5.74, 6) is -0.0963. The van der Waals surface area contributed by atoms with Gasteiger partial charge in [0.1, 0.15) is 0 Å². The molecule has 0 radical (unpaired) electrons. The fraction of sp³-hybridized carbons (Fsp3) is 0.222. The van der Waals surface area contributed by atoms with E-state index in [1.165, 1.54) is 24.3 Å². The van der Waals surface area contributed by atoms with Crippen molar-refractivity contribution in [2.45, 2.75) is 11.3 Å². The van der Waals surface area contributed by atoms with Crippen molar-refractivity contribution in [3.63, 3.8) is 0 Å². The second-order valence-electron chi connectivity index (χ2n) is 5.93. The second-order valence-corrected chi connectivity index (χ2v) is 7.49. The van der Waals surface area contributed by atoms with Gasteiger partial charge in [0.15, 0.2) is 18.1 Å². The average Bonchev–Trinajstić information content (AvgIpc) is 3.13. The molecule has 0 unspecified atom stereocenters. The Morgan fingerprint density at radius 2 is 1.79 bits per heavy atom. The van der Waals surface area contributed by atoms with Crippen molar-refractivity contribution < 1.29 is 32.2 Å². The molecule has 0 spiro atoms. The maximum atomic E-state index is 12.0. The van der Waals surface area contributed by atoms with Crippen LogP contribution < -0.4 is 19.9 Å². The molecule has 0 atom stereocenters. The Bertz CT molecular complexity index is 987. The van der Waals surface area contributed by atoms with Gasteiger partial charge in [0.05, 0.1) is 10.5 Å². The van der Waals surface area contributed by atoms with Crippen molar-refractivity contribution in [3.05, 3.63) is 53.6 Å².